The number of rotatable bonds is 5. The van der Waals surface area contributed by atoms with E-state index in [1.54, 1.807) is 18.3 Å². The summed E-state index contributed by atoms with van der Waals surface area (Å²) in [7, 11) is 0. The van der Waals surface area contributed by atoms with Crippen molar-refractivity contribution in [3.05, 3.63) is 91.6 Å². The van der Waals surface area contributed by atoms with Crippen LogP contribution >= 0.6 is 23.1 Å². The number of para-hydroxylation sites is 1. The van der Waals surface area contributed by atoms with Gasteiger partial charge in [-0.15, -0.1) is 11.3 Å². The van der Waals surface area contributed by atoms with E-state index in [2.05, 4.69) is 20.3 Å². The largest absolute Gasteiger partial charge is 0.355 e. The Morgan fingerprint density at radius 2 is 2.00 bits per heavy atom. The second-order valence-corrected chi connectivity index (χ2v) is 9.45. The van der Waals surface area contributed by atoms with E-state index in [0.29, 0.717) is 26.7 Å². The quantitative estimate of drug-likeness (QED) is 0.324. The first kappa shape index (κ1) is 23.5. The number of carbonyl (C=O) groups is 1. The van der Waals surface area contributed by atoms with Gasteiger partial charge in [0.25, 0.3) is 5.56 Å². The van der Waals surface area contributed by atoms with Crippen LogP contribution in [0.15, 0.2) is 76.3 Å². The van der Waals surface area contributed by atoms with Gasteiger partial charge < -0.3 is 10.3 Å². The second kappa shape index (κ2) is 11.0. The van der Waals surface area contributed by atoms with Crippen LogP contribution in [-0.4, -0.2) is 33.0 Å². The fourth-order valence-corrected chi connectivity index (χ4v) is 5.00. The maximum Gasteiger partial charge on any atom is 0.266 e. The smallest absolute Gasteiger partial charge is 0.266 e. The van der Waals surface area contributed by atoms with Crippen LogP contribution in [0.3, 0.4) is 0 Å². The predicted molar refractivity (Wildman–Crippen MR) is 142 cm³/mol. The van der Waals surface area contributed by atoms with Gasteiger partial charge in [0, 0.05) is 29.0 Å². The molecule has 2 N–H and O–H groups in total. The van der Waals surface area contributed by atoms with Gasteiger partial charge in [0.05, 0.1) is 4.53 Å². The molecule has 7 nitrogen and oxygen atoms in total. The molecule has 1 amide bonds. The molecule has 3 heterocycles. The third kappa shape index (κ3) is 5.62. The molecule has 0 spiro atoms. The highest BCUT2D eigenvalue weighted by Crippen LogP contribution is 2.24. The maximum absolute atomic E-state index is 12.6. The monoisotopic (exact) mass is 489 g/mol. The molecule has 3 aromatic rings. The minimum absolute atomic E-state index is 0.164. The molecule has 9 heteroatoms. The van der Waals surface area contributed by atoms with Crippen LogP contribution in [0.1, 0.15) is 19.4 Å². The lowest BCUT2D eigenvalue weighted by molar-refractivity contribution is -0.114. The number of benzene rings is 1. The highest BCUT2D eigenvalue weighted by molar-refractivity contribution is 8.21. The summed E-state index contributed by atoms with van der Waals surface area (Å²) in [5, 5.41) is 3.85. The molecule has 2 aromatic heterocycles. The molecule has 4 rings (SSSR count). The number of anilines is 1. The average molecular weight is 490 g/mol. The number of pyridine rings is 1. The molecule has 1 aliphatic heterocycles. The second-order valence-electron chi connectivity index (χ2n) is 7.22. The lowest BCUT2D eigenvalue weighted by Gasteiger charge is -2.16. The van der Waals surface area contributed by atoms with Gasteiger partial charge >= 0.3 is 0 Å². The summed E-state index contributed by atoms with van der Waals surface area (Å²) in [6, 6.07) is 13.5. The summed E-state index contributed by atoms with van der Waals surface area (Å²) >= 11 is 2.68. The molecule has 0 unspecified atom stereocenters. The van der Waals surface area contributed by atoms with Crippen LogP contribution in [0.2, 0.25) is 0 Å². The summed E-state index contributed by atoms with van der Waals surface area (Å²) in [5.41, 5.74) is 2.89. The molecule has 0 atom stereocenters. The number of thiazole rings is 1. The number of aliphatic imine (C=N–C) groups is 1. The van der Waals surface area contributed by atoms with Gasteiger partial charge in [0.1, 0.15) is 4.66 Å². The Morgan fingerprint density at radius 1 is 1.18 bits per heavy atom. The minimum Gasteiger partial charge on any atom is -0.355 e. The Morgan fingerprint density at radius 3 is 2.76 bits per heavy atom. The highest BCUT2D eigenvalue weighted by atomic mass is 32.2. The van der Waals surface area contributed by atoms with Gasteiger partial charge in [-0.2, -0.15) is 0 Å². The van der Waals surface area contributed by atoms with E-state index < -0.39 is 0 Å². The predicted octanol–water partition coefficient (Wildman–Crippen LogP) is 3.66. The molecule has 0 saturated carbocycles. The van der Waals surface area contributed by atoms with E-state index in [1.165, 1.54) is 28.0 Å². The number of hydrogen-bond donors (Lipinski definition) is 2. The first-order valence-corrected chi connectivity index (χ1v) is 12.3. The lowest BCUT2D eigenvalue weighted by atomic mass is 10.1. The summed E-state index contributed by atoms with van der Waals surface area (Å²) in [6.07, 6.45) is 10.1. The first-order chi connectivity index (χ1) is 16.6. The molecule has 0 saturated heterocycles. The Labute approximate surface area is 205 Å². The van der Waals surface area contributed by atoms with E-state index in [4.69, 9.17) is 0 Å². The number of H-pyrrole nitrogens is 1. The number of fused-ring (bicyclic) bond motifs is 1. The van der Waals surface area contributed by atoms with E-state index in [-0.39, 0.29) is 5.56 Å². The number of hydrogen-bond acceptors (Lipinski definition) is 7. The zero-order valence-electron chi connectivity index (χ0n) is 18.7. The number of allylic oxidation sites excluding steroid dienone is 2. The Hall–Kier alpha value is -3.69. The van der Waals surface area contributed by atoms with Crippen LogP contribution in [0.25, 0.3) is 17.1 Å². The van der Waals surface area contributed by atoms with Crippen LogP contribution < -0.4 is 20.1 Å². The van der Waals surface area contributed by atoms with Crippen molar-refractivity contribution in [2.24, 2.45) is 4.99 Å². The van der Waals surface area contributed by atoms with Crippen molar-refractivity contribution < 1.29 is 4.79 Å². The summed E-state index contributed by atoms with van der Waals surface area (Å²) in [6.45, 7) is 4.23. The van der Waals surface area contributed by atoms with E-state index in [1.807, 2.05) is 68.5 Å². The fourth-order valence-electron chi connectivity index (χ4n) is 3.11. The van der Waals surface area contributed by atoms with Crippen molar-refractivity contribution in [2.75, 3.05) is 11.9 Å². The number of carbonyl (C=O) groups excluding carboxylic acids is 1. The number of aromatic nitrogens is 2. The molecular weight excluding hydrogens is 466 g/mol. The summed E-state index contributed by atoms with van der Waals surface area (Å²) in [4.78, 5) is 38.2. The third-order valence-electron chi connectivity index (χ3n) is 4.90. The van der Waals surface area contributed by atoms with Crippen LogP contribution in [0.5, 0.6) is 0 Å². The van der Waals surface area contributed by atoms with Gasteiger partial charge in [-0.3, -0.25) is 14.5 Å². The molecule has 0 aliphatic carbocycles. The molecule has 172 valence electrons. The maximum atomic E-state index is 12.6. The number of aromatic amines is 1. The van der Waals surface area contributed by atoms with E-state index in [0.717, 1.165) is 28.3 Å². The minimum atomic E-state index is -0.164. The topological polar surface area (TPSA) is 90.5 Å². The van der Waals surface area contributed by atoms with Crippen LogP contribution in [-0.2, 0) is 4.79 Å². The fraction of sp³-hybridized carbons (Fsp3) is 0.120. The molecule has 0 fully saturated rings. The number of nitrogens with zero attached hydrogens (tertiary/aromatic N) is 3. The van der Waals surface area contributed by atoms with Gasteiger partial charge in [-0.1, -0.05) is 42.1 Å². The van der Waals surface area contributed by atoms with Gasteiger partial charge in [0.15, 0.2) is 11.0 Å². The molecular formula is C25H23N5O2S2. The highest BCUT2D eigenvalue weighted by Gasteiger charge is 2.13. The van der Waals surface area contributed by atoms with Gasteiger partial charge in [-0.25, -0.2) is 9.98 Å². The van der Waals surface area contributed by atoms with Crippen molar-refractivity contribution in [3.63, 3.8) is 0 Å². The van der Waals surface area contributed by atoms with Gasteiger partial charge in [0.2, 0.25) is 6.41 Å². The number of thioether (sulfide) groups is 1. The summed E-state index contributed by atoms with van der Waals surface area (Å²) in [5.74, 6) is 0.507. The third-order valence-corrected chi connectivity index (χ3v) is 7.20. The molecule has 1 aliphatic rings. The first-order valence-electron chi connectivity index (χ1n) is 10.6. The van der Waals surface area contributed by atoms with Crippen LogP contribution in [0, 0.1) is 0 Å². The van der Waals surface area contributed by atoms with E-state index >= 15 is 0 Å². The average Bonchev–Trinajstić information content (AvgIpc) is 3.24. The zero-order chi connectivity index (χ0) is 23.9. The van der Waals surface area contributed by atoms with Crippen LogP contribution in [0.4, 0.5) is 11.5 Å². The van der Waals surface area contributed by atoms with E-state index in [9.17, 15) is 9.59 Å². The molecule has 1 aromatic carbocycles. The van der Waals surface area contributed by atoms with Crippen molar-refractivity contribution in [1.82, 2.24) is 14.9 Å². The normalized spacial score (nSPS) is 15.6. The number of amides is 1. The standard InChI is InChI=1S/C25H23N5O2S2/c1-3-30(16-31)25(28-22-10-6-7-15-26-22)33-17(2)24-29-23(32)21(34-24)14-13-19-12-11-18-8-4-5-9-20(18)27-19/h4-16,27H,3H2,1-2H3,(H,29,32)/b19-13+,21-14-,24-17-,28-25-. The summed E-state index contributed by atoms with van der Waals surface area (Å²) < 4.78 is 1.30. The molecule has 0 bridgehead atoms. The Balaban J connectivity index is 1.64. The van der Waals surface area contributed by atoms with Gasteiger partial charge in [-0.05, 0) is 55.8 Å². The van der Waals surface area contributed by atoms with Crippen molar-refractivity contribution >= 4 is 63.2 Å². The molecule has 34 heavy (non-hydrogen) atoms. The molecule has 0 radical (unpaired) electrons. The lowest BCUT2D eigenvalue weighted by Crippen LogP contribution is -2.27. The Bertz CT molecular complexity index is 1450. The van der Waals surface area contributed by atoms with Crippen molar-refractivity contribution in [2.45, 2.75) is 13.8 Å². The number of nitrogens with one attached hydrogen (secondary N) is 2. The van der Waals surface area contributed by atoms with Crippen molar-refractivity contribution in [3.8, 4) is 0 Å². The van der Waals surface area contributed by atoms with Crippen molar-refractivity contribution in [1.29, 1.82) is 0 Å². The Kier molecular flexibility index (Phi) is 7.56. The zero-order valence-corrected chi connectivity index (χ0v) is 20.3. The number of amidine groups is 1. The SMILES string of the molecule is CCN(C=O)/C(=N/c1ccccn1)S/C(C)=c1/[nH]c(=O)/c(=C/C=C2\C=Cc3ccccc3N2)s1.